The molecular weight excluding hydrogens is 336 g/mol. The van der Waals surface area contributed by atoms with Crippen molar-refractivity contribution < 1.29 is 25.5 Å². The molecule has 0 aromatic heterocycles. The van der Waals surface area contributed by atoms with E-state index in [0.717, 1.165) is 5.56 Å². The summed E-state index contributed by atoms with van der Waals surface area (Å²) in [7, 11) is 0. The number of nitrogens with two attached hydrogens (primary N) is 1. The van der Waals surface area contributed by atoms with Crippen LogP contribution in [0.3, 0.4) is 0 Å². The highest BCUT2D eigenvalue weighted by Crippen LogP contribution is 2.27. The van der Waals surface area contributed by atoms with Gasteiger partial charge in [-0.25, -0.2) is 0 Å². The molecule has 0 spiro atoms. The van der Waals surface area contributed by atoms with Crippen LogP contribution in [0.5, 0.6) is 23.0 Å². The first kappa shape index (κ1) is 21.6. The van der Waals surface area contributed by atoms with E-state index in [1.807, 2.05) is 13.8 Å². The number of aromatic hydroxyl groups is 4. The summed E-state index contributed by atoms with van der Waals surface area (Å²) in [5.74, 6) is -0.569. The third kappa shape index (κ3) is 7.18. The van der Waals surface area contributed by atoms with Crippen LogP contribution in [0.1, 0.15) is 31.1 Å². The quantitative estimate of drug-likeness (QED) is 0.387. The van der Waals surface area contributed by atoms with Crippen molar-refractivity contribution in [3.05, 3.63) is 47.5 Å². The molecule has 0 aliphatic heterocycles. The minimum atomic E-state index is -0.682. The second-order valence-electron chi connectivity index (χ2n) is 6.19. The molecule has 2 aromatic rings. The molecule has 0 radical (unpaired) electrons. The van der Waals surface area contributed by atoms with Gasteiger partial charge in [-0.3, -0.25) is 0 Å². The van der Waals surface area contributed by atoms with Gasteiger partial charge in [-0.2, -0.15) is 0 Å². The average Bonchev–Trinajstić information content (AvgIpc) is 2.59. The highest BCUT2D eigenvalue weighted by molar-refractivity contribution is 5.41. The summed E-state index contributed by atoms with van der Waals surface area (Å²) >= 11 is 0. The van der Waals surface area contributed by atoms with Crippen molar-refractivity contribution in [1.29, 1.82) is 0 Å². The molecule has 0 fully saturated rings. The topological polar surface area (TPSA) is 139 Å². The fraction of sp³-hybridized carbons (Fsp3) is 0.368. The summed E-state index contributed by atoms with van der Waals surface area (Å²) in [4.78, 5) is 0. The van der Waals surface area contributed by atoms with Crippen molar-refractivity contribution in [1.82, 2.24) is 5.32 Å². The number of phenolic OH excluding ortho intramolecular Hbond substituents is 4. The summed E-state index contributed by atoms with van der Waals surface area (Å²) < 4.78 is 0. The van der Waals surface area contributed by atoms with Crippen LogP contribution in [0.25, 0.3) is 0 Å². The minimum absolute atomic E-state index is 0.0871. The molecule has 0 heterocycles. The molecule has 0 bridgehead atoms. The second kappa shape index (κ2) is 10.5. The number of nitrogens with one attached hydrogen (secondary N) is 1. The molecule has 1 atom stereocenters. The predicted octanol–water partition coefficient (Wildman–Crippen LogP) is 1.73. The fourth-order valence-electron chi connectivity index (χ4n) is 2.10. The van der Waals surface area contributed by atoms with Crippen molar-refractivity contribution in [2.75, 3.05) is 13.1 Å². The van der Waals surface area contributed by atoms with E-state index in [0.29, 0.717) is 31.1 Å². The number of rotatable bonds is 6. The van der Waals surface area contributed by atoms with Gasteiger partial charge in [0.2, 0.25) is 0 Å². The zero-order chi connectivity index (χ0) is 19.7. The smallest absolute Gasteiger partial charge is 0.157 e. The van der Waals surface area contributed by atoms with Gasteiger partial charge >= 0.3 is 0 Å². The van der Waals surface area contributed by atoms with Crippen molar-refractivity contribution in [2.24, 2.45) is 5.73 Å². The van der Waals surface area contributed by atoms with Gasteiger partial charge in [0.25, 0.3) is 0 Å². The maximum absolute atomic E-state index is 9.73. The number of hydrogen-bond acceptors (Lipinski definition) is 7. The first-order chi connectivity index (χ1) is 12.2. The van der Waals surface area contributed by atoms with E-state index in [4.69, 9.17) is 21.1 Å². The van der Waals surface area contributed by atoms with Gasteiger partial charge in [0.05, 0.1) is 6.10 Å². The van der Waals surface area contributed by atoms with E-state index in [2.05, 4.69) is 5.32 Å². The number of aliphatic hydroxyl groups excluding tert-OH is 1. The number of hydrogen-bond donors (Lipinski definition) is 7. The van der Waals surface area contributed by atoms with Crippen LogP contribution in [-0.4, -0.2) is 44.7 Å². The third-order valence-corrected chi connectivity index (χ3v) is 3.58. The lowest BCUT2D eigenvalue weighted by Gasteiger charge is -2.14. The van der Waals surface area contributed by atoms with Gasteiger partial charge in [0.1, 0.15) is 0 Å². The highest BCUT2D eigenvalue weighted by Gasteiger charge is 2.10. The molecule has 0 saturated carbocycles. The first-order valence-corrected chi connectivity index (χ1v) is 8.38. The SMILES string of the molecule is CC(C)NCC(O)c1ccc(O)c(O)c1.NCCc1ccc(O)c(O)c1. The number of aliphatic hydroxyl groups is 1. The molecule has 0 saturated heterocycles. The van der Waals surface area contributed by atoms with E-state index >= 15 is 0 Å². The largest absolute Gasteiger partial charge is 0.504 e. The first-order valence-electron chi connectivity index (χ1n) is 8.38. The van der Waals surface area contributed by atoms with Gasteiger partial charge in [-0.1, -0.05) is 26.0 Å². The standard InChI is InChI=1S/C11H17NO3.C8H11NO2/c1-7(2)12-6-11(15)8-3-4-9(13)10(14)5-8;9-4-3-6-1-2-7(10)8(11)5-6/h3-5,7,11-15H,6H2,1-2H3;1-2,5,10-11H,3-4,9H2. The summed E-state index contributed by atoms with van der Waals surface area (Å²) in [6, 6.07) is 9.32. The van der Waals surface area contributed by atoms with Crippen LogP contribution in [0.15, 0.2) is 36.4 Å². The zero-order valence-electron chi connectivity index (χ0n) is 15.1. The lowest BCUT2D eigenvalue weighted by Crippen LogP contribution is -2.27. The van der Waals surface area contributed by atoms with Gasteiger partial charge < -0.3 is 36.6 Å². The number of phenols is 4. The maximum atomic E-state index is 9.73. The Bertz CT molecular complexity index is 692. The summed E-state index contributed by atoms with van der Waals surface area (Å²) in [5.41, 5.74) is 6.82. The average molecular weight is 364 g/mol. The Hall–Kier alpha value is -2.48. The fourth-order valence-corrected chi connectivity index (χ4v) is 2.10. The van der Waals surface area contributed by atoms with Crippen LogP contribution in [-0.2, 0) is 6.42 Å². The van der Waals surface area contributed by atoms with E-state index in [-0.39, 0.29) is 23.0 Å². The second-order valence-corrected chi connectivity index (χ2v) is 6.19. The predicted molar refractivity (Wildman–Crippen MR) is 100 cm³/mol. The van der Waals surface area contributed by atoms with Gasteiger partial charge in [-0.05, 0) is 48.4 Å². The summed E-state index contributed by atoms with van der Waals surface area (Å²) in [6.07, 6.45) is 0.0345. The Morgan fingerprint density at radius 3 is 1.96 bits per heavy atom. The Balaban J connectivity index is 0.000000273. The van der Waals surface area contributed by atoms with Crippen LogP contribution in [0.2, 0.25) is 0 Å². The molecule has 7 nitrogen and oxygen atoms in total. The lowest BCUT2D eigenvalue weighted by molar-refractivity contribution is 0.171. The van der Waals surface area contributed by atoms with Crippen molar-refractivity contribution >= 4 is 0 Å². The normalized spacial score (nSPS) is 11.7. The Labute approximate surface area is 153 Å². The Morgan fingerprint density at radius 1 is 0.885 bits per heavy atom. The van der Waals surface area contributed by atoms with Crippen molar-refractivity contribution in [3.8, 4) is 23.0 Å². The highest BCUT2D eigenvalue weighted by atomic mass is 16.3. The van der Waals surface area contributed by atoms with E-state index in [1.165, 1.54) is 24.3 Å². The van der Waals surface area contributed by atoms with Crippen LogP contribution in [0.4, 0.5) is 0 Å². The number of benzene rings is 2. The van der Waals surface area contributed by atoms with Crippen molar-refractivity contribution in [3.63, 3.8) is 0 Å². The lowest BCUT2D eigenvalue weighted by atomic mass is 10.1. The zero-order valence-corrected chi connectivity index (χ0v) is 15.1. The molecular formula is C19H28N2O5. The minimum Gasteiger partial charge on any atom is -0.504 e. The van der Waals surface area contributed by atoms with Crippen LogP contribution in [0, 0.1) is 0 Å². The molecule has 2 aromatic carbocycles. The third-order valence-electron chi connectivity index (χ3n) is 3.58. The molecule has 1 unspecified atom stereocenters. The summed E-state index contributed by atoms with van der Waals surface area (Å²) in [5, 5.41) is 49.1. The van der Waals surface area contributed by atoms with E-state index in [9.17, 15) is 10.2 Å². The van der Waals surface area contributed by atoms with Crippen LogP contribution < -0.4 is 11.1 Å². The van der Waals surface area contributed by atoms with Gasteiger partial charge in [0.15, 0.2) is 23.0 Å². The molecule has 8 N–H and O–H groups in total. The van der Waals surface area contributed by atoms with Crippen LogP contribution >= 0.6 is 0 Å². The molecule has 0 aliphatic rings. The van der Waals surface area contributed by atoms with E-state index < -0.39 is 6.10 Å². The van der Waals surface area contributed by atoms with Gasteiger partial charge in [0, 0.05) is 12.6 Å². The molecule has 144 valence electrons. The molecule has 2 rings (SSSR count). The van der Waals surface area contributed by atoms with Crippen molar-refractivity contribution in [2.45, 2.75) is 32.4 Å². The Morgan fingerprint density at radius 2 is 1.46 bits per heavy atom. The molecule has 26 heavy (non-hydrogen) atoms. The van der Waals surface area contributed by atoms with Gasteiger partial charge in [-0.15, -0.1) is 0 Å². The maximum Gasteiger partial charge on any atom is 0.157 e. The van der Waals surface area contributed by atoms with E-state index in [1.54, 1.807) is 12.1 Å². The molecule has 0 aliphatic carbocycles. The Kier molecular flexibility index (Phi) is 8.71. The monoisotopic (exact) mass is 364 g/mol. The summed E-state index contributed by atoms with van der Waals surface area (Å²) in [6.45, 7) is 4.94. The molecule has 7 heteroatoms. The molecule has 0 amide bonds.